The minimum atomic E-state index is -0.826. The zero-order valence-electron chi connectivity index (χ0n) is 12.3. The number of aryl methyl sites for hydroxylation is 3. The molecule has 2 aromatic heterocycles. The number of aliphatic hydroxyl groups is 1. The average Bonchev–Trinajstić information content (AvgIpc) is 2.94. The molecule has 5 nitrogen and oxygen atoms in total. The van der Waals surface area contributed by atoms with E-state index in [-0.39, 0.29) is 0 Å². The van der Waals surface area contributed by atoms with Crippen molar-refractivity contribution < 1.29 is 9.84 Å². The Balaban J connectivity index is 2.03. The molecule has 3 rings (SSSR count). The van der Waals surface area contributed by atoms with E-state index < -0.39 is 5.60 Å². The molecule has 1 fully saturated rings. The molecule has 3 heterocycles. The van der Waals surface area contributed by atoms with Gasteiger partial charge in [0.2, 0.25) is 0 Å². The lowest BCUT2D eigenvalue weighted by molar-refractivity contribution is -0.0725. The zero-order valence-corrected chi connectivity index (χ0v) is 12.3. The summed E-state index contributed by atoms with van der Waals surface area (Å²) in [5, 5.41) is 15.4. The van der Waals surface area contributed by atoms with Crippen molar-refractivity contribution in [2.24, 2.45) is 7.05 Å². The summed E-state index contributed by atoms with van der Waals surface area (Å²) in [5.74, 6) is 0.863. The number of hydrogen-bond acceptors (Lipinski definition) is 3. The van der Waals surface area contributed by atoms with Crippen LogP contribution in [-0.4, -0.2) is 32.7 Å². The van der Waals surface area contributed by atoms with Gasteiger partial charge in [0.15, 0.2) is 5.82 Å². The smallest absolute Gasteiger partial charge is 0.159 e. The van der Waals surface area contributed by atoms with Crippen molar-refractivity contribution in [2.45, 2.75) is 32.3 Å². The lowest BCUT2D eigenvalue weighted by Crippen LogP contribution is -2.35. The van der Waals surface area contributed by atoms with Crippen LogP contribution in [0.5, 0.6) is 0 Å². The van der Waals surface area contributed by atoms with Gasteiger partial charge in [-0.05, 0) is 26.0 Å². The van der Waals surface area contributed by atoms with E-state index in [1.165, 1.54) is 0 Å². The maximum atomic E-state index is 10.8. The van der Waals surface area contributed by atoms with E-state index in [2.05, 4.69) is 35.6 Å². The molecule has 0 amide bonds. The molecule has 0 aromatic carbocycles. The molecule has 0 bridgehead atoms. The maximum absolute atomic E-state index is 10.8. The fourth-order valence-corrected chi connectivity index (χ4v) is 2.99. The summed E-state index contributed by atoms with van der Waals surface area (Å²) in [6.45, 7) is 5.31. The largest absolute Gasteiger partial charge is 0.383 e. The van der Waals surface area contributed by atoms with Crippen LogP contribution < -0.4 is 0 Å². The summed E-state index contributed by atoms with van der Waals surface area (Å²) >= 11 is 0. The van der Waals surface area contributed by atoms with Gasteiger partial charge in [0.25, 0.3) is 0 Å². The maximum Gasteiger partial charge on any atom is 0.159 e. The highest BCUT2D eigenvalue weighted by molar-refractivity contribution is 5.34. The lowest BCUT2D eigenvalue weighted by atomic mass is 9.90. The highest BCUT2D eigenvalue weighted by Gasteiger charge is 2.35. The molecule has 5 heteroatoms. The van der Waals surface area contributed by atoms with Crippen molar-refractivity contribution in [3.63, 3.8) is 0 Å². The Labute approximate surface area is 118 Å². The monoisotopic (exact) mass is 275 g/mol. The van der Waals surface area contributed by atoms with Crippen molar-refractivity contribution in [3.8, 4) is 5.82 Å². The highest BCUT2D eigenvalue weighted by Crippen LogP contribution is 2.32. The second-order valence-corrected chi connectivity index (χ2v) is 5.61. The van der Waals surface area contributed by atoms with Crippen LogP contribution >= 0.6 is 0 Å². The Hall–Kier alpha value is -1.59. The minimum Gasteiger partial charge on any atom is -0.383 e. The fourth-order valence-electron chi connectivity index (χ4n) is 2.99. The molecule has 0 spiro atoms. The van der Waals surface area contributed by atoms with Gasteiger partial charge >= 0.3 is 0 Å². The molecular formula is C15H21N3O2. The van der Waals surface area contributed by atoms with Crippen molar-refractivity contribution in [2.75, 3.05) is 13.2 Å². The molecule has 1 aliphatic heterocycles. The first-order valence-corrected chi connectivity index (χ1v) is 7.01. The molecule has 0 radical (unpaired) electrons. The number of aromatic nitrogens is 3. The van der Waals surface area contributed by atoms with Gasteiger partial charge in [0.1, 0.15) is 5.60 Å². The highest BCUT2D eigenvalue weighted by atomic mass is 16.5. The molecule has 0 saturated carbocycles. The van der Waals surface area contributed by atoms with Gasteiger partial charge in [-0.1, -0.05) is 0 Å². The normalized spacial score (nSPS) is 18.4. The summed E-state index contributed by atoms with van der Waals surface area (Å²) in [6.07, 6.45) is 1.24. The van der Waals surface area contributed by atoms with Crippen LogP contribution in [-0.2, 0) is 17.4 Å². The topological polar surface area (TPSA) is 52.2 Å². The minimum absolute atomic E-state index is 0.596. The number of ether oxygens (including phenoxy) is 1. The average molecular weight is 275 g/mol. The van der Waals surface area contributed by atoms with Gasteiger partial charge in [-0.3, -0.25) is 4.68 Å². The molecule has 2 aromatic rings. The molecule has 1 N–H and O–H groups in total. The standard InChI is InChI=1S/C15H21N3O2/c1-11-4-5-12(2)18(11)14-10-13(17(3)16-14)15(19)6-8-20-9-7-15/h4-5,10,19H,6-9H2,1-3H3. The predicted molar refractivity (Wildman–Crippen MR) is 76.0 cm³/mol. The molecule has 0 aliphatic carbocycles. The van der Waals surface area contributed by atoms with Crippen molar-refractivity contribution in [1.82, 2.24) is 14.3 Å². The lowest BCUT2D eigenvalue weighted by Gasteiger charge is -2.31. The SMILES string of the molecule is Cc1ccc(C)n1-c1cc(C2(O)CCOCC2)n(C)n1. The van der Waals surface area contributed by atoms with E-state index in [0.717, 1.165) is 22.9 Å². The second-order valence-electron chi connectivity index (χ2n) is 5.61. The van der Waals surface area contributed by atoms with Crippen LogP contribution in [0.25, 0.3) is 5.82 Å². The van der Waals surface area contributed by atoms with Crippen LogP contribution in [0.3, 0.4) is 0 Å². The Morgan fingerprint density at radius 2 is 1.80 bits per heavy atom. The van der Waals surface area contributed by atoms with E-state index >= 15 is 0 Å². The van der Waals surface area contributed by atoms with Crippen molar-refractivity contribution in [3.05, 3.63) is 35.3 Å². The predicted octanol–water partition coefficient (Wildman–Crippen LogP) is 1.83. The summed E-state index contributed by atoms with van der Waals surface area (Å²) in [7, 11) is 1.89. The first-order valence-electron chi connectivity index (χ1n) is 7.01. The molecule has 1 saturated heterocycles. The van der Waals surface area contributed by atoms with Gasteiger partial charge in [-0.2, -0.15) is 5.10 Å². The van der Waals surface area contributed by atoms with Crippen LogP contribution in [0.4, 0.5) is 0 Å². The van der Waals surface area contributed by atoms with Crippen LogP contribution in [0.15, 0.2) is 18.2 Å². The molecule has 20 heavy (non-hydrogen) atoms. The third-order valence-corrected chi connectivity index (χ3v) is 4.16. The van der Waals surface area contributed by atoms with E-state index in [1.54, 1.807) is 4.68 Å². The molecule has 0 atom stereocenters. The molecular weight excluding hydrogens is 254 g/mol. The number of rotatable bonds is 2. The van der Waals surface area contributed by atoms with Crippen LogP contribution in [0, 0.1) is 13.8 Å². The summed E-state index contributed by atoms with van der Waals surface area (Å²) < 4.78 is 9.24. The van der Waals surface area contributed by atoms with E-state index in [0.29, 0.717) is 26.1 Å². The third kappa shape index (κ3) is 2.07. The Morgan fingerprint density at radius 1 is 1.20 bits per heavy atom. The van der Waals surface area contributed by atoms with Crippen LogP contribution in [0.1, 0.15) is 29.9 Å². The zero-order chi connectivity index (χ0) is 14.3. The Kier molecular flexibility index (Phi) is 3.18. The molecule has 0 unspecified atom stereocenters. The van der Waals surface area contributed by atoms with E-state index in [1.807, 2.05) is 13.1 Å². The molecule has 108 valence electrons. The quantitative estimate of drug-likeness (QED) is 0.909. The van der Waals surface area contributed by atoms with E-state index in [4.69, 9.17) is 4.74 Å². The third-order valence-electron chi connectivity index (χ3n) is 4.16. The van der Waals surface area contributed by atoms with Gasteiger partial charge in [0, 0.05) is 50.6 Å². The van der Waals surface area contributed by atoms with Gasteiger partial charge in [-0.25, -0.2) is 0 Å². The first kappa shape index (κ1) is 13.4. The number of nitrogens with zero attached hydrogens (tertiary/aromatic N) is 3. The summed E-state index contributed by atoms with van der Waals surface area (Å²) in [5.41, 5.74) is 2.33. The Morgan fingerprint density at radius 3 is 2.40 bits per heavy atom. The van der Waals surface area contributed by atoms with Gasteiger partial charge in [-0.15, -0.1) is 0 Å². The second kappa shape index (κ2) is 4.75. The molecule has 1 aliphatic rings. The summed E-state index contributed by atoms with van der Waals surface area (Å²) in [4.78, 5) is 0. The van der Waals surface area contributed by atoms with Gasteiger partial charge in [0.05, 0.1) is 5.69 Å². The summed E-state index contributed by atoms with van der Waals surface area (Å²) in [6, 6.07) is 6.14. The van der Waals surface area contributed by atoms with Crippen molar-refractivity contribution >= 4 is 0 Å². The van der Waals surface area contributed by atoms with Gasteiger partial charge < -0.3 is 14.4 Å². The van der Waals surface area contributed by atoms with Crippen molar-refractivity contribution in [1.29, 1.82) is 0 Å². The van der Waals surface area contributed by atoms with Crippen LogP contribution in [0.2, 0.25) is 0 Å². The fraction of sp³-hybridized carbons (Fsp3) is 0.533. The first-order chi connectivity index (χ1) is 9.51. The van der Waals surface area contributed by atoms with E-state index in [9.17, 15) is 5.11 Å². The Bertz CT molecular complexity index is 602. The number of hydrogen-bond donors (Lipinski definition) is 1.